The van der Waals surface area contributed by atoms with Crippen molar-refractivity contribution in [3.8, 4) is 0 Å². The second-order valence-electron chi connectivity index (χ2n) is 5.96. The van der Waals surface area contributed by atoms with Crippen molar-refractivity contribution in [3.63, 3.8) is 0 Å². The number of aromatic nitrogens is 2. The maximum Gasteiger partial charge on any atom is 0.146 e. The first-order valence-electron chi connectivity index (χ1n) is 7.62. The molecule has 1 aliphatic carbocycles. The second kappa shape index (κ2) is 7.25. The molecule has 0 spiro atoms. The van der Waals surface area contributed by atoms with Crippen LogP contribution in [0.15, 0.2) is 10.8 Å². The maximum absolute atomic E-state index is 4.39. The first kappa shape index (κ1) is 15.5. The third-order valence-corrected chi connectivity index (χ3v) is 4.84. The zero-order valence-corrected chi connectivity index (χ0v) is 14.2. The van der Waals surface area contributed by atoms with E-state index in [4.69, 9.17) is 0 Å². The lowest BCUT2D eigenvalue weighted by molar-refractivity contribution is 0.276. The van der Waals surface area contributed by atoms with Crippen molar-refractivity contribution in [2.24, 2.45) is 11.8 Å². The molecule has 1 heterocycles. The van der Waals surface area contributed by atoms with Gasteiger partial charge in [0.25, 0.3) is 0 Å². The minimum atomic E-state index is 0.511. The van der Waals surface area contributed by atoms with Gasteiger partial charge in [0.15, 0.2) is 0 Å². The van der Waals surface area contributed by atoms with Gasteiger partial charge in [-0.15, -0.1) is 0 Å². The molecule has 3 atom stereocenters. The fourth-order valence-electron chi connectivity index (χ4n) is 2.89. The van der Waals surface area contributed by atoms with Crippen molar-refractivity contribution in [2.75, 3.05) is 17.2 Å². The zero-order valence-electron chi connectivity index (χ0n) is 12.6. The van der Waals surface area contributed by atoms with E-state index < -0.39 is 0 Å². The van der Waals surface area contributed by atoms with Crippen molar-refractivity contribution in [2.45, 2.75) is 52.5 Å². The molecule has 112 valence electrons. The number of rotatable bonds is 5. The molecule has 1 saturated carbocycles. The molecule has 0 amide bonds. The molecule has 4 nitrogen and oxygen atoms in total. The summed E-state index contributed by atoms with van der Waals surface area (Å²) < 4.78 is 0.944. The summed E-state index contributed by atoms with van der Waals surface area (Å²) in [6.45, 7) is 7.75. The molecule has 1 aromatic rings. The number of nitrogens with one attached hydrogen (secondary N) is 2. The minimum Gasteiger partial charge on any atom is -0.369 e. The number of halogens is 1. The second-order valence-corrected chi connectivity index (χ2v) is 6.75. The summed E-state index contributed by atoms with van der Waals surface area (Å²) in [5, 5.41) is 6.92. The van der Waals surface area contributed by atoms with E-state index in [2.05, 4.69) is 57.3 Å². The van der Waals surface area contributed by atoms with Gasteiger partial charge in [-0.05, 0) is 53.4 Å². The van der Waals surface area contributed by atoms with Crippen LogP contribution >= 0.6 is 15.9 Å². The number of hydrogen-bond acceptors (Lipinski definition) is 4. The van der Waals surface area contributed by atoms with Gasteiger partial charge in [0, 0.05) is 12.6 Å². The average molecular weight is 341 g/mol. The van der Waals surface area contributed by atoms with Crippen LogP contribution in [0, 0.1) is 11.8 Å². The van der Waals surface area contributed by atoms with Crippen LogP contribution in [-0.2, 0) is 0 Å². The molecule has 1 aromatic heterocycles. The van der Waals surface area contributed by atoms with E-state index in [1.165, 1.54) is 19.3 Å². The van der Waals surface area contributed by atoms with Crippen LogP contribution in [-0.4, -0.2) is 22.6 Å². The highest BCUT2D eigenvalue weighted by molar-refractivity contribution is 9.10. The molecule has 1 aliphatic rings. The molecule has 2 rings (SSSR count). The van der Waals surface area contributed by atoms with E-state index in [-0.39, 0.29) is 0 Å². The predicted octanol–water partition coefficient (Wildman–Crippen LogP) is 4.30. The van der Waals surface area contributed by atoms with Crippen molar-refractivity contribution >= 4 is 27.6 Å². The molecule has 0 aliphatic heterocycles. The Morgan fingerprint density at radius 3 is 2.70 bits per heavy atom. The van der Waals surface area contributed by atoms with Crippen LogP contribution in [0.1, 0.15) is 46.5 Å². The Morgan fingerprint density at radius 1 is 1.25 bits per heavy atom. The van der Waals surface area contributed by atoms with Crippen LogP contribution < -0.4 is 10.6 Å². The predicted molar refractivity (Wildman–Crippen MR) is 88.1 cm³/mol. The van der Waals surface area contributed by atoms with Gasteiger partial charge in [0.2, 0.25) is 0 Å². The summed E-state index contributed by atoms with van der Waals surface area (Å²) in [4.78, 5) is 8.68. The molecule has 0 aromatic carbocycles. The largest absolute Gasteiger partial charge is 0.369 e. The Kier molecular flexibility index (Phi) is 5.64. The van der Waals surface area contributed by atoms with E-state index in [9.17, 15) is 0 Å². The molecular formula is C15H25BrN4. The third-order valence-electron chi connectivity index (χ3n) is 4.09. The Morgan fingerprint density at radius 2 is 2.00 bits per heavy atom. The van der Waals surface area contributed by atoms with Crippen LogP contribution in [0.2, 0.25) is 0 Å². The van der Waals surface area contributed by atoms with E-state index in [0.29, 0.717) is 12.0 Å². The van der Waals surface area contributed by atoms with Gasteiger partial charge >= 0.3 is 0 Å². The van der Waals surface area contributed by atoms with E-state index in [1.54, 1.807) is 6.33 Å². The van der Waals surface area contributed by atoms with E-state index >= 15 is 0 Å². The number of nitrogens with zero attached hydrogens (tertiary/aromatic N) is 2. The summed E-state index contributed by atoms with van der Waals surface area (Å²) in [6.07, 6.45) is 6.52. The van der Waals surface area contributed by atoms with Gasteiger partial charge in [-0.25, -0.2) is 9.97 Å². The third kappa shape index (κ3) is 3.84. The fourth-order valence-corrected chi connectivity index (χ4v) is 3.35. The topological polar surface area (TPSA) is 49.8 Å². The van der Waals surface area contributed by atoms with E-state index in [1.807, 2.05) is 0 Å². The summed E-state index contributed by atoms with van der Waals surface area (Å²) in [7, 11) is 0. The number of hydrogen-bond donors (Lipinski definition) is 2. The standard InChI is InChI=1S/C15H25BrN4/c1-4-7-17-14-13(16)15(19-9-18-14)20-12-6-5-10(2)8-11(12)3/h9-12H,4-8H2,1-3H3,(H2,17,18,19,20). The maximum atomic E-state index is 4.39. The highest BCUT2D eigenvalue weighted by Gasteiger charge is 2.26. The van der Waals surface area contributed by atoms with E-state index in [0.717, 1.165) is 35.0 Å². The summed E-state index contributed by atoms with van der Waals surface area (Å²) in [6, 6.07) is 0.511. The monoisotopic (exact) mass is 340 g/mol. The van der Waals surface area contributed by atoms with Gasteiger partial charge in [-0.1, -0.05) is 20.8 Å². The van der Waals surface area contributed by atoms with Gasteiger partial charge < -0.3 is 10.6 Å². The quantitative estimate of drug-likeness (QED) is 0.838. The molecule has 0 saturated heterocycles. The highest BCUT2D eigenvalue weighted by atomic mass is 79.9. The molecular weight excluding hydrogens is 316 g/mol. The van der Waals surface area contributed by atoms with Crippen LogP contribution in [0.3, 0.4) is 0 Å². The summed E-state index contributed by atoms with van der Waals surface area (Å²) in [5.41, 5.74) is 0. The minimum absolute atomic E-state index is 0.511. The molecule has 0 bridgehead atoms. The van der Waals surface area contributed by atoms with Crippen LogP contribution in [0.4, 0.5) is 11.6 Å². The Hall–Kier alpha value is -0.840. The first-order valence-corrected chi connectivity index (χ1v) is 8.42. The zero-order chi connectivity index (χ0) is 14.5. The van der Waals surface area contributed by atoms with Crippen molar-refractivity contribution < 1.29 is 0 Å². The summed E-state index contributed by atoms with van der Waals surface area (Å²) in [5.74, 6) is 3.32. The number of anilines is 2. The van der Waals surface area contributed by atoms with Crippen LogP contribution in [0.5, 0.6) is 0 Å². The lowest BCUT2D eigenvalue weighted by atomic mass is 9.80. The molecule has 20 heavy (non-hydrogen) atoms. The fraction of sp³-hybridized carbons (Fsp3) is 0.733. The van der Waals surface area contributed by atoms with Crippen molar-refractivity contribution in [3.05, 3.63) is 10.8 Å². The highest BCUT2D eigenvalue weighted by Crippen LogP contribution is 2.33. The lowest BCUT2D eigenvalue weighted by Crippen LogP contribution is -2.33. The molecule has 1 fully saturated rings. The van der Waals surface area contributed by atoms with Gasteiger partial charge in [-0.3, -0.25) is 0 Å². The van der Waals surface area contributed by atoms with Crippen molar-refractivity contribution in [1.82, 2.24) is 9.97 Å². The SMILES string of the molecule is CCCNc1ncnc(NC2CCC(C)CC2C)c1Br. The molecule has 3 unspecified atom stereocenters. The average Bonchev–Trinajstić information content (AvgIpc) is 2.42. The Balaban J connectivity index is 2.05. The molecule has 5 heteroatoms. The summed E-state index contributed by atoms with van der Waals surface area (Å²) >= 11 is 3.62. The first-order chi connectivity index (χ1) is 9.61. The van der Waals surface area contributed by atoms with Gasteiger partial charge in [-0.2, -0.15) is 0 Å². The Bertz CT molecular complexity index is 438. The van der Waals surface area contributed by atoms with Gasteiger partial charge in [0.1, 0.15) is 22.4 Å². The van der Waals surface area contributed by atoms with Crippen LogP contribution in [0.25, 0.3) is 0 Å². The molecule has 0 radical (unpaired) electrons. The Labute approximate surface area is 130 Å². The normalized spacial score (nSPS) is 26.3. The van der Waals surface area contributed by atoms with Gasteiger partial charge in [0.05, 0.1) is 0 Å². The lowest BCUT2D eigenvalue weighted by Gasteiger charge is -2.33. The molecule has 2 N–H and O–H groups in total. The van der Waals surface area contributed by atoms with Crippen molar-refractivity contribution in [1.29, 1.82) is 0 Å². The smallest absolute Gasteiger partial charge is 0.146 e.